The van der Waals surface area contributed by atoms with Gasteiger partial charge in [0.15, 0.2) is 0 Å². The van der Waals surface area contributed by atoms with E-state index in [-0.39, 0.29) is 11.8 Å². The van der Waals surface area contributed by atoms with Crippen molar-refractivity contribution >= 4 is 28.9 Å². The van der Waals surface area contributed by atoms with Crippen molar-refractivity contribution in [3.05, 3.63) is 53.6 Å². The number of carbonyl (C=O) groups excluding carboxylic acids is 2. The van der Waals surface area contributed by atoms with Crippen LogP contribution in [0.2, 0.25) is 0 Å². The average molecular weight is 393 g/mol. The van der Waals surface area contributed by atoms with Gasteiger partial charge in [-0.3, -0.25) is 9.59 Å². The van der Waals surface area contributed by atoms with Gasteiger partial charge < -0.3 is 20.0 Å². The van der Waals surface area contributed by atoms with E-state index in [1.807, 2.05) is 30.3 Å². The van der Waals surface area contributed by atoms with Crippen LogP contribution >= 0.6 is 0 Å². The lowest BCUT2D eigenvalue weighted by Crippen LogP contribution is -2.46. The van der Waals surface area contributed by atoms with Crippen LogP contribution < -0.4 is 15.1 Å². The number of fused-ring (bicyclic) bond motifs is 1. The minimum Gasteiger partial charge on any atom is -0.367 e. The molecule has 2 aromatic rings. The molecule has 152 valence electrons. The Labute approximate surface area is 172 Å². The van der Waals surface area contributed by atoms with Crippen molar-refractivity contribution in [3.8, 4) is 0 Å². The highest BCUT2D eigenvalue weighted by molar-refractivity contribution is 6.06. The number of carbonyl (C=O) groups is 2. The molecule has 4 rings (SSSR count). The molecule has 1 saturated heterocycles. The lowest BCUT2D eigenvalue weighted by molar-refractivity contribution is -0.116. The van der Waals surface area contributed by atoms with Crippen molar-refractivity contribution < 1.29 is 9.59 Å². The van der Waals surface area contributed by atoms with Crippen LogP contribution in [0.15, 0.2) is 42.5 Å². The van der Waals surface area contributed by atoms with E-state index in [9.17, 15) is 9.59 Å². The number of para-hydroxylation sites is 2. The highest BCUT2D eigenvalue weighted by Gasteiger charge is 2.24. The summed E-state index contributed by atoms with van der Waals surface area (Å²) >= 11 is 0. The van der Waals surface area contributed by atoms with E-state index < -0.39 is 0 Å². The van der Waals surface area contributed by atoms with Gasteiger partial charge in [-0.1, -0.05) is 19.1 Å². The minimum absolute atomic E-state index is 0.0399. The predicted molar refractivity (Wildman–Crippen MR) is 117 cm³/mol. The summed E-state index contributed by atoms with van der Waals surface area (Å²) in [7, 11) is 0. The Kier molecular flexibility index (Phi) is 5.53. The standard InChI is InChI=1S/C23H28N4O2/c1-3-25-12-14-26(15-13-25)22-7-5-4-6-20(22)24-23(29)19-8-9-21-18(16-19)10-11-27(21)17(2)28/h4-9,16H,3,10-15H2,1-2H3,(H,24,29). The van der Waals surface area contributed by atoms with Crippen LogP contribution in [-0.4, -0.2) is 56.0 Å². The number of nitrogens with one attached hydrogen (secondary N) is 1. The molecule has 2 aliphatic rings. The number of anilines is 3. The number of rotatable bonds is 4. The second-order valence-corrected chi connectivity index (χ2v) is 7.66. The fraction of sp³-hybridized carbons (Fsp3) is 0.391. The first kappa shape index (κ1) is 19.5. The Bertz CT molecular complexity index is 919. The minimum atomic E-state index is -0.117. The van der Waals surface area contributed by atoms with Crippen molar-refractivity contribution in [2.45, 2.75) is 20.3 Å². The van der Waals surface area contributed by atoms with Crippen LogP contribution in [0.4, 0.5) is 17.1 Å². The molecule has 0 spiro atoms. The van der Waals surface area contributed by atoms with E-state index in [4.69, 9.17) is 0 Å². The third-order valence-corrected chi connectivity index (χ3v) is 5.93. The number of hydrogen-bond donors (Lipinski definition) is 1. The maximum absolute atomic E-state index is 12.9. The number of hydrogen-bond acceptors (Lipinski definition) is 4. The molecular formula is C23H28N4O2. The van der Waals surface area contributed by atoms with E-state index in [1.165, 1.54) is 0 Å². The first-order chi connectivity index (χ1) is 14.1. The highest BCUT2D eigenvalue weighted by atomic mass is 16.2. The summed E-state index contributed by atoms with van der Waals surface area (Å²) in [5.41, 5.74) is 4.51. The second-order valence-electron chi connectivity index (χ2n) is 7.66. The molecule has 0 radical (unpaired) electrons. The van der Waals surface area contributed by atoms with Gasteiger partial charge >= 0.3 is 0 Å². The molecule has 0 bridgehead atoms. The fourth-order valence-electron chi connectivity index (χ4n) is 4.22. The normalized spacial score (nSPS) is 16.6. The lowest BCUT2D eigenvalue weighted by Gasteiger charge is -2.36. The molecule has 1 N–H and O–H groups in total. The summed E-state index contributed by atoms with van der Waals surface area (Å²) in [6.07, 6.45) is 0.786. The molecule has 0 unspecified atom stereocenters. The van der Waals surface area contributed by atoms with Crippen LogP contribution in [0.5, 0.6) is 0 Å². The molecule has 6 nitrogen and oxygen atoms in total. The van der Waals surface area contributed by atoms with Crippen LogP contribution in [0.3, 0.4) is 0 Å². The van der Waals surface area contributed by atoms with Gasteiger partial charge in [-0.25, -0.2) is 0 Å². The maximum Gasteiger partial charge on any atom is 0.255 e. The third-order valence-electron chi connectivity index (χ3n) is 5.93. The molecule has 6 heteroatoms. The van der Waals surface area contributed by atoms with E-state index in [0.29, 0.717) is 12.1 Å². The quantitative estimate of drug-likeness (QED) is 0.869. The highest BCUT2D eigenvalue weighted by Crippen LogP contribution is 2.30. The first-order valence-electron chi connectivity index (χ1n) is 10.4. The van der Waals surface area contributed by atoms with Crippen molar-refractivity contribution in [1.29, 1.82) is 0 Å². The maximum atomic E-state index is 12.9. The Morgan fingerprint density at radius 1 is 0.966 bits per heavy atom. The van der Waals surface area contributed by atoms with Crippen LogP contribution in [0.1, 0.15) is 29.8 Å². The first-order valence-corrected chi connectivity index (χ1v) is 10.4. The SMILES string of the molecule is CCN1CCN(c2ccccc2NC(=O)c2ccc3c(c2)CCN3C(C)=O)CC1. The van der Waals surface area contributed by atoms with Crippen LogP contribution in [0, 0.1) is 0 Å². The summed E-state index contributed by atoms with van der Waals surface area (Å²) in [5.74, 6) is -0.0771. The Morgan fingerprint density at radius 3 is 2.45 bits per heavy atom. The van der Waals surface area contributed by atoms with Gasteiger partial charge in [0.25, 0.3) is 5.91 Å². The molecule has 0 aliphatic carbocycles. The molecule has 0 atom stereocenters. The van der Waals surface area contributed by atoms with Crippen molar-refractivity contribution in [2.75, 3.05) is 54.4 Å². The molecule has 2 heterocycles. The number of nitrogens with zero attached hydrogens (tertiary/aromatic N) is 3. The summed E-state index contributed by atoms with van der Waals surface area (Å²) in [4.78, 5) is 31.2. The monoisotopic (exact) mass is 392 g/mol. The molecule has 2 aromatic carbocycles. The van der Waals surface area contributed by atoms with E-state index in [1.54, 1.807) is 17.9 Å². The Morgan fingerprint density at radius 2 is 1.72 bits per heavy atom. The topological polar surface area (TPSA) is 55.9 Å². The van der Waals surface area contributed by atoms with E-state index >= 15 is 0 Å². The second kappa shape index (κ2) is 8.25. The number of piperazine rings is 1. The summed E-state index contributed by atoms with van der Waals surface area (Å²) in [5, 5.41) is 3.10. The predicted octanol–water partition coefficient (Wildman–Crippen LogP) is 2.99. The van der Waals surface area contributed by atoms with Gasteiger partial charge in [0.1, 0.15) is 0 Å². The molecule has 0 saturated carbocycles. The summed E-state index contributed by atoms with van der Waals surface area (Å²) < 4.78 is 0. The molecule has 2 amide bonds. The van der Waals surface area contributed by atoms with Gasteiger partial charge in [0, 0.05) is 50.9 Å². The van der Waals surface area contributed by atoms with Gasteiger partial charge in [-0.15, -0.1) is 0 Å². The van der Waals surface area contributed by atoms with Crippen molar-refractivity contribution in [1.82, 2.24) is 4.90 Å². The van der Waals surface area contributed by atoms with Crippen LogP contribution in [-0.2, 0) is 11.2 Å². The molecule has 0 aromatic heterocycles. The lowest BCUT2D eigenvalue weighted by atomic mass is 10.1. The number of likely N-dealkylation sites (N-methyl/N-ethyl adjacent to an activating group) is 1. The third kappa shape index (κ3) is 3.98. The Hall–Kier alpha value is -2.86. The largest absolute Gasteiger partial charge is 0.367 e. The van der Waals surface area contributed by atoms with Crippen molar-refractivity contribution in [3.63, 3.8) is 0 Å². The zero-order valence-corrected chi connectivity index (χ0v) is 17.1. The van der Waals surface area contributed by atoms with Gasteiger partial charge in [0.05, 0.1) is 11.4 Å². The zero-order chi connectivity index (χ0) is 20.4. The molecular weight excluding hydrogens is 364 g/mol. The summed E-state index contributed by atoms with van der Waals surface area (Å²) in [6.45, 7) is 9.52. The average Bonchev–Trinajstić information content (AvgIpc) is 3.18. The van der Waals surface area contributed by atoms with Gasteiger partial charge in [0.2, 0.25) is 5.91 Å². The molecule has 29 heavy (non-hydrogen) atoms. The van der Waals surface area contributed by atoms with Crippen molar-refractivity contribution in [2.24, 2.45) is 0 Å². The van der Waals surface area contributed by atoms with E-state index in [0.717, 1.165) is 61.8 Å². The zero-order valence-electron chi connectivity index (χ0n) is 17.1. The summed E-state index contributed by atoms with van der Waals surface area (Å²) in [6, 6.07) is 13.6. The molecule has 1 fully saturated rings. The van der Waals surface area contributed by atoms with Crippen LogP contribution in [0.25, 0.3) is 0 Å². The smallest absolute Gasteiger partial charge is 0.255 e. The van der Waals surface area contributed by atoms with E-state index in [2.05, 4.69) is 28.1 Å². The molecule has 2 aliphatic heterocycles. The Balaban J connectivity index is 1.51. The number of amides is 2. The fourth-order valence-corrected chi connectivity index (χ4v) is 4.22. The number of benzene rings is 2. The van der Waals surface area contributed by atoms with Gasteiger partial charge in [-0.2, -0.15) is 0 Å². The van der Waals surface area contributed by atoms with Gasteiger partial charge in [-0.05, 0) is 48.9 Å².